The minimum Gasteiger partial charge on any atom is -0.377 e. The van der Waals surface area contributed by atoms with E-state index in [0.717, 1.165) is 18.4 Å². The molecule has 1 heterocycles. The van der Waals surface area contributed by atoms with Gasteiger partial charge in [0.1, 0.15) is 0 Å². The van der Waals surface area contributed by atoms with Gasteiger partial charge in [-0.1, -0.05) is 32.1 Å². The molecule has 0 bridgehead atoms. The van der Waals surface area contributed by atoms with Crippen LogP contribution in [0, 0.1) is 17.3 Å². The van der Waals surface area contributed by atoms with Gasteiger partial charge in [-0.15, -0.1) is 0 Å². The van der Waals surface area contributed by atoms with Crippen LogP contribution < -0.4 is 5.32 Å². The normalized spacial score (nSPS) is 38.2. The zero-order chi connectivity index (χ0) is 12.4. The predicted molar refractivity (Wildman–Crippen MR) is 74.6 cm³/mol. The molecule has 2 heteroatoms. The molecule has 2 atom stereocenters. The molecule has 1 N–H and O–H groups in total. The zero-order valence-electron chi connectivity index (χ0n) is 11.9. The number of hydrogen-bond acceptors (Lipinski definition) is 2. The Kier molecular flexibility index (Phi) is 3.95. The molecule has 3 rings (SSSR count). The van der Waals surface area contributed by atoms with Crippen LogP contribution in [0.5, 0.6) is 0 Å². The van der Waals surface area contributed by atoms with Crippen molar-refractivity contribution in [1.29, 1.82) is 0 Å². The van der Waals surface area contributed by atoms with Crippen molar-refractivity contribution in [3.05, 3.63) is 0 Å². The molecule has 3 aliphatic rings. The standard InChI is InChI=1S/C16H29NO/c1-17-12-16(11-13-5-3-2-4-6-13)9-10-18-15(16)14-7-8-14/h13-15,17H,2-12H2,1H3. The highest BCUT2D eigenvalue weighted by molar-refractivity contribution is 5.01. The molecule has 0 spiro atoms. The average molecular weight is 251 g/mol. The van der Waals surface area contributed by atoms with Crippen molar-refractivity contribution in [1.82, 2.24) is 5.32 Å². The second-order valence-electron chi connectivity index (χ2n) is 6.98. The summed E-state index contributed by atoms with van der Waals surface area (Å²) in [7, 11) is 2.12. The fourth-order valence-electron chi connectivity index (χ4n) is 4.54. The van der Waals surface area contributed by atoms with E-state index < -0.39 is 0 Å². The Hall–Kier alpha value is -0.0800. The molecule has 2 unspecified atom stereocenters. The first-order chi connectivity index (χ1) is 8.84. The summed E-state index contributed by atoms with van der Waals surface area (Å²) in [6.45, 7) is 2.18. The number of hydrogen-bond donors (Lipinski definition) is 1. The van der Waals surface area contributed by atoms with Gasteiger partial charge in [0.2, 0.25) is 0 Å². The van der Waals surface area contributed by atoms with Gasteiger partial charge in [0.05, 0.1) is 6.10 Å². The topological polar surface area (TPSA) is 21.3 Å². The Bertz CT molecular complexity index is 270. The van der Waals surface area contributed by atoms with Crippen molar-refractivity contribution in [3.8, 4) is 0 Å². The summed E-state index contributed by atoms with van der Waals surface area (Å²) in [4.78, 5) is 0. The first-order valence-electron chi connectivity index (χ1n) is 8.10. The molecule has 3 fully saturated rings. The highest BCUT2D eigenvalue weighted by atomic mass is 16.5. The van der Waals surface area contributed by atoms with Gasteiger partial charge in [-0.3, -0.25) is 0 Å². The lowest BCUT2D eigenvalue weighted by Crippen LogP contribution is -2.42. The molecular weight excluding hydrogens is 222 g/mol. The van der Waals surface area contributed by atoms with E-state index in [1.807, 2.05) is 0 Å². The van der Waals surface area contributed by atoms with Crippen LogP contribution in [0.25, 0.3) is 0 Å². The zero-order valence-corrected chi connectivity index (χ0v) is 11.9. The molecular formula is C16H29NO. The van der Waals surface area contributed by atoms with Crippen LogP contribution in [0.1, 0.15) is 57.8 Å². The first-order valence-corrected chi connectivity index (χ1v) is 8.10. The summed E-state index contributed by atoms with van der Waals surface area (Å²) in [5, 5.41) is 3.47. The Morgan fingerprint density at radius 2 is 1.89 bits per heavy atom. The fourth-order valence-corrected chi connectivity index (χ4v) is 4.54. The van der Waals surface area contributed by atoms with Crippen LogP contribution in [-0.4, -0.2) is 26.3 Å². The first kappa shape index (κ1) is 12.9. The van der Waals surface area contributed by atoms with Crippen LogP contribution in [0.3, 0.4) is 0 Å². The van der Waals surface area contributed by atoms with E-state index in [4.69, 9.17) is 4.74 Å². The van der Waals surface area contributed by atoms with Crippen LogP contribution in [-0.2, 0) is 4.74 Å². The quantitative estimate of drug-likeness (QED) is 0.809. The average Bonchev–Trinajstić information content (AvgIpc) is 3.14. The van der Waals surface area contributed by atoms with E-state index in [2.05, 4.69) is 12.4 Å². The van der Waals surface area contributed by atoms with E-state index >= 15 is 0 Å². The predicted octanol–water partition coefficient (Wildman–Crippen LogP) is 3.36. The molecule has 0 amide bonds. The summed E-state index contributed by atoms with van der Waals surface area (Å²) in [6, 6.07) is 0. The highest BCUT2D eigenvalue weighted by Crippen LogP contribution is 2.51. The van der Waals surface area contributed by atoms with E-state index in [1.165, 1.54) is 64.3 Å². The lowest BCUT2D eigenvalue weighted by atomic mass is 9.69. The monoisotopic (exact) mass is 251 g/mol. The van der Waals surface area contributed by atoms with Crippen LogP contribution in [0.4, 0.5) is 0 Å². The fraction of sp³-hybridized carbons (Fsp3) is 1.00. The number of ether oxygens (including phenoxy) is 1. The Labute approximate surface area is 112 Å². The molecule has 18 heavy (non-hydrogen) atoms. The van der Waals surface area contributed by atoms with Crippen molar-refractivity contribution < 1.29 is 4.74 Å². The van der Waals surface area contributed by atoms with E-state index in [-0.39, 0.29) is 0 Å². The summed E-state index contributed by atoms with van der Waals surface area (Å²) < 4.78 is 6.15. The molecule has 2 saturated carbocycles. The lowest BCUT2D eigenvalue weighted by Gasteiger charge is -2.38. The smallest absolute Gasteiger partial charge is 0.0672 e. The Morgan fingerprint density at radius 3 is 2.56 bits per heavy atom. The third-order valence-corrected chi connectivity index (χ3v) is 5.50. The van der Waals surface area contributed by atoms with E-state index in [0.29, 0.717) is 11.5 Å². The molecule has 0 aromatic rings. The van der Waals surface area contributed by atoms with Gasteiger partial charge in [-0.2, -0.15) is 0 Å². The maximum atomic E-state index is 6.15. The van der Waals surface area contributed by atoms with E-state index in [1.54, 1.807) is 0 Å². The summed E-state index contributed by atoms with van der Waals surface area (Å²) >= 11 is 0. The van der Waals surface area contributed by atoms with Gasteiger partial charge < -0.3 is 10.1 Å². The molecule has 0 radical (unpaired) electrons. The second-order valence-corrected chi connectivity index (χ2v) is 6.98. The van der Waals surface area contributed by atoms with Crippen molar-refractivity contribution >= 4 is 0 Å². The third-order valence-electron chi connectivity index (χ3n) is 5.50. The van der Waals surface area contributed by atoms with Crippen molar-refractivity contribution in [2.24, 2.45) is 17.3 Å². The van der Waals surface area contributed by atoms with Crippen LogP contribution >= 0.6 is 0 Å². The van der Waals surface area contributed by atoms with Gasteiger partial charge >= 0.3 is 0 Å². The van der Waals surface area contributed by atoms with Gasteiger partial charge in [0, 0.05) is 18.6 Å². The highest BCUT2D eigenvalue weighted by Gasteiger charge is 2.51. The largest absolute Gasteiger partial charge is 0.377 e. The molecule has 1 saturated heterocycles. The number of rotatable bonds is 5. The summed E-state index contributed by atoms with van der Waals surface area (Å²) in [5.74, 6) is 1.87. The Morgan fingerprint density at radius 1 is 1.11 bits per heavy atom. The Balaban J connectivity index is 1.68. The molecule has 1 aliphatic heterocycles. The van der Waals surface area contributed by atoms with E-state index in [9.17, 15) is 0 Å². The SMILES string of the molecule is CNCC1(CC2CCCCC2)CCOC1C1CC1. The van der Waals surface area contributed by atoms with Crippen molar-refractivity contribution in [3.63, 3.8) is 0 Å². The van der Waals surface area contributed by atoms with Crippen LogP contribution in [0.2, 0.25) is 0 Å². The molecule has 2 aliphatic carbocycles. The maximum absolute atomic E-state index is 6.15. The molecule has 104 valence electrons. The maximum Gasteiger partial charge on any atom is 0.0672 e. The molecule has 2 nitrogen and oxygen atoms in total. The van der Waals surface area contributed by atoms with Crippen molar-refractivity contribution in [2.75, 3.05) is 20.2 Å². The lowest BCUT2D eigenvalue weighted by molar-refractivity contribution is 0.0163. The van der Waals surface area contributed by atoms with Gasteiger partial charge in [0.15, 0.2) is 0 Å². The van der Waals surface area contributed by atoms with Crippen LogP contribution in [0.15, 0.2) is 0 Å². The van der Waals surface area contributed by atoms with Gasteiger partial charge in [0.25, 0.3) is 0 Å². The summed E-state index contributed by atoms with van der Waals surface area (Å²) in [6.07, 6.45) is 13.5. The molecule has 0 aromatic carbocycles. The number of nitrogens with one attached hydrogen (secondary N) is 1. The minimum atomic E-state index is 0.470. The minimum absolute atomic E-state index is 0.470. The summed E-state index contributed by atoms with van der Waals surface area (Å²) in [5.41, 5.74) is 0.470. The second kappa shape index (κ2) is 5.50. The third kappa shape index (κ3) is 2.60. The van der Waals surface area contributed by atoms with Gasteiger partial charge in [-0.05, 0) is 44.6 Å². The van der Waals surface area contributed by atoms with Gasteiger partial charge in [-0.25, -0.2) is 0 Å². The van der Waals surface area contributed by atoms with Crippen molar-refractivity contribution in [2.45, 2.75) is 63.9 Å². The molecule has 0 aromatic heterocycles.